The van der Waals surface area contributed by atoms with Gasteiger partial charge in [0.1, 0.15) is 0 Å². The van der Waals surface area contributed by atoms with Crippen molar-refractivity contribution < 1.29 is 4.79 Å². The van der Waals surface area contributed by atoms with E-state index in [4.69, 9.17) is 5.26 Å². The number of thioether (sulfide) groups is 1. The molecule has 18 heavy (non-hydrogen) atoms. The SMILES string of the molecule is N#Cc1cccc2c1CSc1ccccc1C2=O. The molecule has 3 rings (SSSR count). The second-order valence-corrected chi connectivity index (χ2v) is 5.07. The third kappa shape index (κ3) is 1.62. The van der Waals surface area contributed by atoms with Gasteiger partial charge in [-0.05, 0) is 23.8 Å². The smallest absolute Gasteiger partial charge is 0.194 e. The van der Waals surface area contributed by atoms with Crippen LogP contribution < -0.4 is 0 Å². The Labute approximate surface area is 109 Å². The molecule has 0 aromatic heterocycles. The minimum atomic E-state index is 0.0164. The standard InChI is InChI=1S/C15H9NOS/c16-8-10-4-3-6-11-13(10)9-18-14-7-2-1-5-12(14)15(11)17/h1-7H,9H2. The van der Waals surface area contributed by atoms with Crippen LogP contribution in [0.25, 0.3) is 0 Å². The fraction of sp³-hybridized carbons (Fsp3) is 0.0667. The van der Waals surface area contributed by atoms with Crippen molar-refractivity contribution in [1.29, 1.82) is 5.26 Å². The molecule has 0 bridgehead atoms. The second kappa shape index (κ2) is 4.32. The third-order valence-corrected chi connectivity index (χ3v) is 4.14. The highest BCUT2D eigenvalue weighted by atomic mass is 32.2. The van der Waals surface area contributed by atoms with Gasteiger partial charge in [-0.15, -0.1) is 11.8 Å². The van der Waals surface area contributed by atoms with Crippen molar-refractivity contribution in [1.82, 2.24) is 0 Å². The first-order valence-corrected chi connectivity index (χ1v) is 6.58. The molecule has 86 valence electrons. The lowest BCUT2D eigenvalue weighted by molar-refractivity contribution is 0.103. The monoisotopic (exact) mass is 251 g/mol. The van der Waals surface area contributed by atoms with Crippen molar-refractivity contribution in [3.63, 3.8) is 0 Å². The Morgan fingerprint density at radius 2 is 1.83 bits per heavy atom. The highest BCUT2D eigenvalue weighted by Crippen LogP contribution is 2.34. The van der Waals surface area contributed by atoms with Crippen molar-refractivity contribution in [2.24, 2.45) is 0 Å². The van der Waals surface area contributed by atoms with E-state index in [2.05, 4.69) is 6.07 Å². The Morgan fingerprint density at radius 1 is 1.06 bits per heavy atom. The van der Waals surface area contributed by atoms with Gasteiger partial charge in [-0.3, -0.25) is 4.79 Å². The van der Waals surface area contributed by atoms with Gasteiger partial charge < -0.3 is 0 Å². The summed E-state index contributed by atoms with van der Waals surface area (Å²) in [7, 11) is 0. The van der Waals surface area contributed by atoms with Crippen LogP contribution in [0.4, 0.5) is 0 Å². The Kier molecular flexibility index (Phi) is 2.66. The van der Waals surface area contributed by atoms with Crippen molar-refractivity contribution in [2.75, 3.05) is 0 Å². The molecule has 2 aromatic carbocycles. The molecule has 0 spiro atoms. The molecule has 0 saturated carbocycles. The van der Waals surface area contributed by atoms with E-state index in [-0.39, 0.29) is 5.78 Å². The van der Waals surface area contributed by atoms with E-state index < -0.39 is 0 Å². The van der Waals surface area contributed by atoms with E-state index in [1.54, 1.807) is 30.0 Å². The number of hydrogen-bond acceptors (Lipinski definition) is 3. The van der Waals surface area contributed by atoms with Crippen LogP contribution in [0.5, 0.6) is 0 Å². The Morgan fingerprint density at radius 3 is 2.67 bits per heavy atom. The third-order valence-electron chi connectivity index (χ3n) is 3.04. The van der Waals surface area contributed by atoms with Gasteiger partial charge in [-0.25, -0.2) is 0 Å². The fourth-order valence-corrected chi connectivity index (χ4v) is 3.24. The van der Waals surface area contributed by atoms with Crippen LogP contribution in [-0.4, -0.2) is 5.78 Å². The number of ketones is 1. The maximum absolute atomic E-state index is 12.5. The van der Waals surface area contributed by atoms with E-state index in [0.29, 0.717) is 16.9 Å². The molecule has 3 heteroatoms. The van der Waals surface area contributed by atoms with Crippen LogP contribution >= 0.6 is 11.8 Å². The topological polar surface area (TPSA) is 40.9 Å². The minimum absolute atomic E-state index is 0.0164. The van der Waals surface area contributed by atoms with Gasteiger partial charge in [-0.2, -0.15) is 5.26 Å². The van der Waals surface area contributed by atoms with Gasteiger partial charge in [0.05, 0.1) is 11.6 Å². The molecule has 1 heterocycles. The molecule has 0 unspecified atom stereocenters. The lowest BCUT2D eigenvalue weighted by Gasteiger charge is -2.05. The van der Waals surface area contributed by atoms with Gasteiger partial charge in [0.2, 0.25) is 0 Å². The summed E-state index contributed by atoms with van der Waals surface area (Å²) < 4.78 is 0. The summed E-state index contributed by atoms with van der Waals surface area (Å²) in [5.74, 6) is 0.685. The zero-order chi connectivity index (χ0) is 12.5. The highest BCUT2D eigenvalue weighted by Gasteiger charge is 2.22. The second-order valence-electron chi connectivity index (χ2n) is 4.06. The summed E-state index contributed by atoms with van der Waals surface area (Å²) in [6.07, 6.45) is 0. The molecule has 0 N–H and O–H groups in total. The quantitative estimate of drug-likeness (QED) is 0.720. The Balaban J connectivity index is 2.25. The molecule has 1 aliphatic rings. The molecular weight excluding hydrogens is 242 g/mol. The summed E-state index contributed by atoms with van der Waals surface area (Å²) in [4.78, 5) is 13.5. The molecule has 0 amide bonds. The van der Waals surface area contributed by atoms with E-state index in [9.17, 15) is 4.79 Å². The predicted octanol–water partition coefficient (Wildman–Crippen LogP) is 3.39. The highest BCUT2D eigenvalue weighted by molar-refractivity contribution is 7.98. The van der Waals surface area contributed by atoms with Crippen molar-refractivity contribution in [3.8, 4) is 6.07 Å². The van der Waals surface area contributed by atoms with Crippen LogP contribution in [0, 0.1) is 11.3 Å². The Bertz CT molecular complexity index is 685. The summed E-state index contributed by atoms with van der Waals surface area (Å²) in [6, 6.07) is 15.1. The number of carbonyl (C=O) groups excluding carboxylic acids is 1. The average molecular weight is 251 g/mol. The first-order chi connectivity index (χ1) is 8.81. The average Bonchev–Trinajstić information content (AvgIpc) is 2.57. The summed E-state index contributed by atoms with van der Waals surface area (Å²) in [5.41, 5.74) is 2.84. The summed E-state index contributed by atoms with van der Waals surface area (Å²) in [5, 5.41) is 9.12. The number of fused-ring (bicyclic) bond motifs is 2. The predicted molar refractivity (Wildman–Crippen MR) is 70.6 cm³/mol. The maximum atomic E-state index is 12.5. The zero-order valence-electron chi connectivity index (χ0n) is 9.51. The van der Waals surface area contributed by atoms with Crippen LogP contribution in [-0.2, 0) is 5.75 Å². The van der Waals surface area contributed by atoms with E-state index in [0.717, 1.165) is 16.0 Å². The molecule has 0 atom stereocenters. The van der Waals surface area contributed by atoms with E-state index >= 15 is 0 Å². The first-order valence-electron chi connectivity index (χ1n) is 5.60. The van der Waals surface area contributed by atoms with Gasteiger partial charge in [0, 0.05) is 21.8 Å². The van der Waals surface area contributed by atoms with Crippen molar-refractivity contribution >= 4 is 17.5 Å². The van der Waals surface area contributed by atoms with Gasteiger partial charge in [0.15, 0.2) is 5.78 Å². The molecule has 2 nitrogen and oxygen atoms in total. The molecule has 0 radical (unpaired) electrons. The van der Waals surface area contributed by atoms with E-state index in [1.807, 2.05) is 24.3 Å². The lowest BCUT2D eigenvalue weighted by atomic mass is 9.96. The summed E-state index contributed by atoms with van der Waals surface area (Å²) in [6.45, 7) is 0. The normalized spacial score (nSPS) is 13.2. The maximum Gasteiger partial charge on any atom is 0.194 e. The largest absolute Gasteiger partial charge is 0.289 e. The van der Waals surface area contributed by atoms with Crippen LogP contribution in [0.1, 0.15) is 27.0 Å². The molecule has 0 fully saturated rings. The zero-order valence-corrected chi connectivity index (χ0v) is 10.3. The fourth-order valence-electron chi connectivity index (χ4n) is 2.13. The van der Waals surface area contributed by atoms with Gasteiger partial charge in [-0.1, -0.05) is 24.3 Å². The molecule has 0 aliphatic carbocycles. The van der Waals surface area contributed by atoms with Gasteiger partial charge in [0.25, 0.3) is 0 Å². The lowest BCUT2D eigenvalue weighted by Crippen LogP contribution is -2.04. The molecule has 0 saturated heterocycles. The Hall–Kier alpha value is -2.05. The van der Waals surface area contributed by atoms with Crippen LogP contribution in [0.15, 0.2) is 47.4 Å². The number of hydrogen-bond donors (Lipinski definition) is 0. The van der Waals surface area contributed by atoms with Crippen molar-refractivity contribution in [3.05, 3.63) is 64.7 Å². The number of rotatable bonds is 0. The van der Waals surface area contributed by atoms with Crippen molar-refractivity contribution in [2.45, 2.75) is 10.6 Å². The number of nitrogens with zero attached hydrogens (tertiary/aromatic N) is 1. The van der Waals surface area contributed by atoms with Crippen LogP contribution in [0.3, 0.4) is 0 Å². The molecular formula is C15H9NOS. The van der Waals surface area contributed by atoms with E-state index in [1.165, 1.54) is 0 Å². The number of carbonyl (C=O) groups is 1. The van der Waals surface area contributed by atoms with Gasteiger partial charge >= 0.3 is 0 Å². The molecule has 2 aromatic rings. The summed E-state index contributed by atoms with van der Waals surface area (Å²) >= 11 is 1.61. The number of benzene rings is 2. The number of nitriles is 1. The van der Waals surface area contributed by atoms with Crippen LogP contribution in [0.2, 0.25) is 0 Å². The first kappa shape index (κ1) is 11.1. The molecule has 1 aliphatic heterocycles. The minimum Gasteiger partial charge on any atom is -0.289 e.